The van der Waals surface area contributed by atoms with Gasteiger partial charge < -0.3 is 19.1 Å². The van der Waals surface area contributed by atoms with E-state index in [0.717, 1.165) is 32.5 Å². The fraction of sp³-hybridized carbons (Fsp3) is 0.562. The summed E-state index contributed by atoms with van der Waals surface area (Å²) in [5.41, 5.74) is 0. The van der Waals surface area contributed by atoms with Crippen LogP contribution >= 0.6 is 0 Å². The molecule has 114 valence electrons. The third-order valence-electron chi connectivity index (χ3n) is 3.74. The lowest BCUT2D eigenvalue weighted by atomic mass is 10.1. The van der Waals surface area contributed by atoms with E-state index in [1.807, 2.05) is 18.2 Å². The van der Waals surface area contributed by atoms with Crippen molar-refractivity contribution in [2.75, 3.05) is 33.9 Å². The summed E-state index contributed by atoms with van der Waals surface area (Å²) in [6.45, 7) is 2.77. The molecule has 0 bridgehead atoms. The molecule has 1 aliphatic heterocycles. The molecule has 0 unspecified atom stereocenters. The third-order valence-corrected chi connectivity index (χ3v) is 3.74. The van der Waals surface area contributed by atoms with Crippen LogP contribution in [-0.2, 0) is 0 Å². The number of ether oxygens (including phenoxy) is 3. The lowest BCUT2D eigenvalue weighted by Crippen LogP contribution is -2.38. The minimum absolute atomic E-state index is 0.161. The number of nitrogens with zero attached hydrogens (tertiary/aromatic N) is 2. The van der Waals surface area contributed by atoms with E-state index in [2.05, 4.69) is 11.0 Å². The van der Waals surface area contributed by atoms with Crippen molar-refractivity contribution in [1.82, 2.24) is 4.90 Å². The number of piperidine rings is 1. The predicted octanol–water partition coefficient (Wildman–Crippen LogP) is 2.46. The number of rotatable bonds is 6. The van der Waals surface area contributed by atoms with Crippen molar-refractivity contribution < 1.29 is 14.2 Å². The quantitative estimate of drug-likeness (QED) is 0.805. The first-order chi connectivity index (χ1) is 10.3. The van der Waals surface area contributed by atoms with Crippen molar-refractivity contribution in [3.05, 3.63) is 18.2 Å². The number of methoxy groups -OCH3 is 2. The Hall–Kier alpha value is -1.93. The molecule has 0 amide bonds. The SMILES string of the molecule is COc1cccc(OC)c1OC1CCN(CCC#N)CC1. The van der Waals surface area contributed by atoms with Gasteiger partial charge in [-0.25, -0.2) is 0 Å². The number of likely N-dealkylation sites (tertiary alicyclic amines) is 1. The van der Waals surface area contributed by atoms with Gasteiger partial charge in [-0.15, -0.1) is 0 Å². The van der Waals surface area contributed by atoms with Gasteiger partial charge in [-0.3, -0.25) is 0 Å². The zero-order valence-corrected chi connectivity index (χ0v) is 12.7. The largest absolute Gasteiger partial charge is 0.493 e. The molecular formula is C16H22N2O3. The van der Waals surface area contributed by atoms with Crippen molar-refractivity contribution in [2.45, 2.75) is 25.4 Å². The van der Waals surface area contributed by atoms with Gasteiger partial charge in [0, 0.05) is 26.1 Å². The summed E-state index contributed by atoms with van der Waals surface area (Å²) < 4.78 is 16.8. The molecular weight excluding hydrogens is 268 g/mol. The van der Waals surface area contributed by atoms with Crippen LogP contribution in [0, 0.1) is 11.3 Å². The zero-order chi connectivity index (χ0) is 15.1. The standard InChI is InChI=1S/C16H22N2O3/c1-19-14-5-3-6-15(20-2)16(14)21-13-7-11-18(12-8-13)10-4-9-17/h3,5-6,13H,4,7-8,10-12H2,1-2H3. The van der Waals surface area contributed by atoms with Gasteiger partial charge in [-0.1, -0.05) is 6.07 Å². The Kier molecular flexibility index (Phi) is 5.70. The first-order valence-electron chi connectivity index (χ1n) is 7.25. The summed E-state index contributed by atoms with van der Waals surface area (Å²) >= 11 is 0. The minimum Gasteiger partial charge on any atom is -0.493 e. The summed E-state index contributed by atoms with van der Waals surface area (Å²) in [6.07, 6.45) is 2.65. The van der Waals surface area contributed by atoms with E-state index in [0.29, 0.717) is 23.7 Å². The van der Waals surface area contributed by atoms with Gasteiger partial charge in [0.05, 0.1) is 20.3 Å². The van der Waals surface area contributed by atoms with Crippen LogP contribution in [0.25, 0.3) is 0 Å². The number of benzene rings is 1. The van der Waals surface area contributed by atoms with E-state index >= 15 is 0 Å². The fourth-order valence-electron chi connectivity index (χ4n) is 2.56. The zero-order valence-electron chi connectivity index (χ0n) is 12.7. The van der Waals surface area contributed by atoms with Crippen molar-refractivity contribution >= 4 is 0 Å². The Morgan fingerprint density at radius 2 is 1.81 bits per heavy atom. The maximum atomic E-state index is 8.63. The second kappa shape index (κ2) is 7.75. The molecule has 0 spiro atoms. The van der Waals surface area contributed by atoms with Crippen molar-refractivity contribution in [3.8, 4) is 23.3 Å². The van der Waals surface area contributed by atoms with E-state index in [-0.39, 0.29) is 6.10 Å². The van der Waals surface area contributed by atoms with Crippen LogP contribution in [-0.4, -0.2) is 44.9 Å². The van der Waals surface area contributed by atoms with E-state index in [1.165, 1.54) is 0 Å². The lowest BCUT2D eigenvalue weighted by Gasteiger charge is -2.32. The van der Waals surface area contributed by atoms with Crippen LogP contribution in [0.15, 0.2) is 18.2 Å². The molecule has 1 aliphatic rings. The second-order valence-electron chi connectivity index (χ2n) is 5.06. The molecule has 1 fully saturated rings. The Labute approximate surface area is 126 Å². The van der Waals surface area contributed by atoms with E-state index in [9.17, 15) is 0 Å². The summed E-state index contributed by atoms with van der Waals surface area (Å²) in [7, 11) is 3.26. The van der Waals surface area contributed by atoms with Gasteiger partial charge in [-0.05, 0) is 25.0 Å². The van der Waals surface area contributed by atoms with Crippen LogP contribution in [0.2, 0.25) is 0 Å². The highest BCUT2D eigenvalue weighted by atomic mass is 16.5. The first-order valence-corrected chi connectivity index (χ1v) is 7.25. The van der Waals surface area contributed by atoms with Crippen molar-refractivity contribution in [3.63, 3.8) is 0 Å². The third kappa shape index (κ3) is 4.02. The van der Waals surface area contributed by atoms with E-state index in [1.54, 1.807) is 14.2 Å². The van der Waals surface area contributed by atoms with Crippen molar-refractivity contribution in [2.24, 2.45) is 0 Å². The number of hydrogen-bond acceptors (Lipinski definition) is 5. The summed E-state index contributed by atoms with van der Waals surface area (Å²) in [5, 5.41) is 8.63. The normalized spacial score (nSPS) is 16.2. The molecule has 21 heavy (non-hydrogen) atoms. The average molecular weight is 290 g/mol. The van der Waals surface area contributed by atoms with Crippen molar-refractivity contribution in [1.29, 1.82) is 5.26 Å². The smallest absolute Gasteiger partial charge is 0.203 e. The molecule has 1 aromatic rings. The fourth-order valence-corrected chi connectivity index (χ4v) is 2.56. The predicted molar refractivity (Wildman–Crippen MR) is 79.9 cm³/mol. The Morgan fingerprint density at radius 1 is 1.19 bits per heavy atom. The Morgan fingerprint density at radius 3 is 2.33 bits per heavy atom. The molecule has 5 heteroatoms. The molecule has 0 radical (unpaired) electrons. The van der Waals surface area contributed by atoms with Gasteiger partial charge in [0.25, 0.3) is 0 Å². The number of para-hydroxylation sites is 1. The highest BCUT2D eigenvalue weighted by Crippen LogP contribution is 2.38. The highest BCUT2D eigenvalue weighted by molar-refractivity contribution is 5.51. The summed E-state index contributed by atoms with van der Waals surface area (Å²) in [4.78, 5) is 2.31. The Balaban J connectivity index is 1.96. The van der Waals surface area contributed by atoms with E-state index < -0.39 is 0 Å². The molecule has 0 N–H and O–H groups in total. The molecule has 0 atom stereocenters. The second-order valence-corrected chi connectivity index (χ2v) is 5.06. The maximum absolute atomic E-state index is 8.63. The topological polar surface area (TPSA) is 54.7 Å². The summed E-state index contributed by atoms with van der Waals surface area (Å²) in [6, 6.07) is 7.82. The molecule has 1 aromatic carbocycles. The Bertz CT molecular complexity index is 469. The number of nitriles is 1. The van der Waals surface area contributed by atoms with Gasteiger partial charge in [-0.2, -0.15) is 5.26 Å². The monoisotopic (exact) mass is 290 g/mol. The summed E-state index contributed by atoms with van der Waals surface area (Å²) in [5.74, 6) is 2.07. The molecule has 1 saturated heterocycles. The van der Waals surface area contributed by atoms with Gasteiger partial charge in [0.15, 0.2) is 11.5 Å². The van der Waals surface area contributed by atoms with Gasteiger partial charge in [0.1, 0.15) is 6.10 Å². The highest BCUT2D eigenvalue weighted by Gasteiger charge is 2.23. The molecule has 1 heterocycles. The van der Waals surface area contributed by atoms with Crippen LogP contribution in [0.1, 0.15) is 19.3 Å². The molecule has 0 aromatic heterocycles. The molecule has 0 saturated carbocycles. The van der Waals surface area contributed by atoms with Gasteiger partial charge >= 0.3 is 0 Å². The van der Waals surface area contributed by atoms with Crippen LogP contribution in [0.5, 0.6) is 17.2 Å². The maximum Gasteiger partial charge on any atom is 0.203 e. The molecule has 5 nitrogen and oxygen atoms in total. The van der Waals surface area contributed by atoms with Crippen LogP contribution < -0.4 is 14.2 Å². The van der Waals surface area contributed by atoms with Gasteiger partial charge in [0.2, 0.25) is 5.75 Å². The minimum atomic E-state index is 0.161. The van der Waals surface area contributed by atoms with E-state index in [4.69, 9.17) is 19.5 Å². The molecule has 2 rings (SSSR count). The van der Waals surface area contributed by atoms with Crippen LogP contribution in [0.3, 0.4) is 0 Å². The lowest BCUT2D eigenvalue weighted by molar-refractivity contribution is 0.0964. The average Bonchev–Trinajstić information content (AvgIpc) is 2.54. The first kappa shape index (κ1) is 15.5. The number of hydrogen-bond donors (Lipinski definition) is 0. The molecule has 0 aliphatic carbocycles. The van der Waals surface area contributed by atoms with Crippen LogP contribution in [0.4, 0.5) is 0 Å².